The van der Waals surface area contributed by atoms with Gasteiger partial charge in [0.15, 0.2) is 5.69 Å². The maximum atomic E-state index is 12.6. The fraction of sp³-hybridized carbons (Fsp3) is 0.286. The fourth-order valence-corrected chi connectivity index (χ4v) is 5.71. The van der Waals surface area contributed by atoms with Crippen molar-refractivity contribution in [3.8, 4) is 11.1 Å². The average Bonchev–Trinajstić information content (AvgIpc) is 3.43. The van der Waals surface area contributed by atoms with E-state index in [-0.39, 0.29) is 4.90 Å². The van der Waals surface area contributed by atoms with Gasteiger partial charge in [0, 0.05) is 18.8 Å². The SMILES string of the molecule is [C-]#[N+]c1ccc(C)c(-c2cc(C)c3nc(Nc4ccc(S(=O)(=O)NCCN5CCCC5)cc4)nnc3c2)c1. The van der Waals surface area contributed by atoms with E-state index in [0.29, 0.717) is 34.9 Å². The predicted molar refractivity (Wildman–Crippen MR) is 149 cm³/mol. The van der Waals surface area contributed by atoms with Gasteiger partial charge in [-0.3, -0.25) is 0 Å². The largest absolute Gasteiger partial charge is 0.323 e. The lowest BCUT2D eigenvalue weighted by Gasteiger charge is -2.15. The summed E-state index contributed by atoms with van der Waals surface area (Å²) in [6.07, 6.45) is 2.35. The highest BCUT2D eigenvalue weighted by atomic mass is 32.2. The topological polar surface area (TPSA) is 104 Å². The van der Waals surface area contributed by atoms with Crippen LogP contribution >= 0.6 is 0 Å². The number of nitrogens with zero attached hydrogens (tertiary/aromatic N) is 5. The minimum absolute atomic E-state index is 0.211. The van der Waals surface area contributed by atoms with E-state index in [9.17, 15) is 8.42 Å². The Bertz CT molecular complexity index is 1620. The second-order valence-corrected chi connectivity index (χ2v) is 11.3. The van der Waals surface area contributed by atoms with Crippen LogP contribution in [0, 0.1) is 20.4 Å². The Hall–Kier alpha value is -3.91. The number of aromatic nitrogens is 3. The number of hydrogen-bond acceptors (Lipinski definition) is 7. The van der Waals surface area contributed by atoms with E-state index in [1.807, 2.05) is 44.2 Å². The fourth-order valence-electron chi connectivity index (χ4n) is 4.69. The Morgan fingerprint density at radius 1 is 0.974 bits per heavy atom. The minimum Gasteiger partial charge on any atom is -0.323 e. The third kappa shape index (κ3) is 5.65. The Morgan fingerprint density at radius 2 is 1.74 bits per heavy atom. The maximum absolute atomic E-state index is 12.6. The first-order valence-electron chi connectivity index (χ1n) is 12.5. The van der Waals surface area contributed by atoms with Crippen LogP contribution in [0.2, 0.25) is 0 Å². The summed E-state index contributed by atoms with van der Waals surface area (Å²) >= 11 is 0. The van der Waals surface area contributed by atoms with Gasteiger partial charge in [0.1, 0.15) is 5.52 Å². The molecule has 0 radical (unpaired) electrons. The molecule has 3 aromatic carbocycles. The predicted octanol–water partition coefficient (Wildman–Crippen LogP) is 4.98. The number of fused-ring (bicyclic) bond motifs is 1. The molecule has 1 fully saturated rings. The van der Waals surface area contributed by atoms with Gasteiger partial charge in [-0.05, 0) is 104 Å². The number of nitrogens with one attached hydrogen (secondary N) is 2. The number of likely N-dealkylation sites (tertiary alicyclic amines) is 1. The molecule has 9 nitrogen and oxygen atoms in total. The van der Waals surface area contributed by atoms with Crippen LogP contribution in [0.5, 0.6) is 0 Å². The van der Waals surface area contributed by atoms with Crippen LogP contribution in [0.25, 0.3) is 27.0 Å². The Kier molecular flexibility index (Phi) is 7.33. The second-order valence-electron chi connectivity index (χ2n) is 9.50. The standard InChI is InChI=1S/C28H29N7O2S/c1-19-6-7-23(29-3)18-25(19)21-16-20(2)27-26(17-21)33-34-28(32-27)31-22-8-10-24(11-9-22)38(36,37)30-12-15-35-13-4-5-14-35/h6-11,16-18,30H,4-5,12-15H2,1-2H3,(H,31,32,34). The highest BCUT2D eigenvalue weighted by molar-refractivity contribution is 7.89. The lowest BCUT2D eigenvalue weighted by Crippen LogP contribution is -2.33. The van der Waals surface area contributed by atoms with Crippen molar-refractivity contribution in [3.63, 3.8) is 0 Å². The molecule has 2 N–H and O–H groups in total. The molecule has 0 amide bonds. The lowest BCUT2D eigenvalue weighted by molar-refractivity contribution is 0.344. The molecule has 0 saturated carbocycles. The van der Waals surface area contributed by atoms with E-state index in [0.717, 1.165) is 41.9 Å². The van der Waals surface area contributed by atoms with E-state index in [2.05, 4.69) is 35.0 Å². The van der Waals surface area contributed by atoms with Crippen LogP contribution in [0.1, 0.15) is 24.0 Å². The Morgan fingerprint density at radius 3 is 2.47 bits per heavy atom. The molecule has 0 spiro atoms. The first kappa shape index (κ1) is 25.7. The lowest BCUT2D eigenvalue weighted by atomic mass is 9.97. The summed E-state index contributed by atoms with van der Waals surface area (Å²) in [5.74, 6) is 0.318. The minimum atomic E-state index is -3.58. The van der Waals surface area contributed by atoms with Gasteiger partial charge in [-0.25, -0.2) is 23.0 Å². The van der Waals surface area contributed by atoms with Gasteiger partial charge < -0.3 is 10.2 Å². The number of rotatable bonds is 8. The van der Waals surface area contributed by atoms with E-state index in [1.165, 1.54) is 12.8 Å². The molecule has 0 aliphatic carbocycles. The highest BCUT2D eigenvalue weighted by Gasteiger charge is 2.16. The van der Waals surface area contributed by atoms with Gasteiger partial charge in [0.05, 0.1) is 17.0 Å². The van der Waals surface area contributed by atoms with Crippen LogP contribution in [-0.2, 0) is 10.0 Å². The number of sulfonamides is 1. The van der Waals surface area contributed by atoms with E-state index < -0.39 is 10.0 Å². The summed E-state index contributed by atoms with van der Waals surface area (Å²) in [7, 11) is -3.58. The second kappa shape index (κ2) is 10.8. The molecule has 0 atom stereocenters. The Labute approximate surface area is 222 Å². The monoisotopic (exact) mass is 527 g/mol. The van der Waals surface area contributed by atoms with Crippen molar-refractivity contribution < 1.29 is 8.42 Å². The molecule has 1 saturated heterocycles. The van der Waals surface area contributed by atoms with Gasteiger partial charge in [-0.2, -0.15) is 0 Å². The van der Waals surface area contributed by atoms with Crippen molar-refractivity contribution in [2.24, 2.45) is 0 Å². The third-order valence-electron chi connectivity index (χ3n) is 6.75. The molecule has 0 unspecified atom stereocenters. The maximum Gasteiger partial charge on any atom is 0.247 e. The van der Waals surface area contributed by atoms with E-state index in [4.69, 9.17) is 6.57 Å². The summed E-state index contributed by atoms with van der Waals surface area (Å²) < 4.78 is 28.0. The molecule has 0 bridgehead atoms. The zero-order valence-corrected chi connectivity index (χ0v) is 22.2. The van der Waals surface area contributed by atoms with E-state index in [1.54, 1.807) is 24.3 Å². The molecular weight excluding hydrogens is 498 g/mol. The van der Waals surface area contributed by atoms with Crippen molar-refractivity contribution in [1.29, 1.82) is 0 Å². The molecular formula is C28H29N7O2S. The van der Waals surface area contributed by atoms with Crippen LogP contribution in [0.15, 0.2) is 59.5 Å². The highest BCUT2D eigenvalue weighted by Crippen LogP contribution is 2.31. The summed E-state index contributed by atoms with van der Waals surface area (Å²) in [4.78, 5) is 10.7. The van der Waals surface area contributed by atoms with Crippen LogP contribution < -0.4 is 10.0 Å². The van der Waals surface area contributed by atoms with Gasteiger partial charge in [0.2, 0.25) is 16.0 Å². The number of benzene rings is 3. The molecule has 194 valence electrons. The smallest absolute Gasteiger partial charge is 0.247 e. The normalized spacial score (nSPS) is 14.0. The molecule has 38 heavy (non-hydrogen) atoms. The molecule has 2 heterocycles. The van der Waals surface area contributed by atoms with Crippen LogP contribution in [0.3, 0.4) is 0 Å². The summed E-state index contributed by atoms with van der Waals surface area (Å²) in [6.45, 7) is 14.5. The molecule has 1 aliphatic rings. The number of anilines is 2. The third-order valence-corrected chi connectivity index (χ3v) is 8.23. The van der Waals surface area contributed by atoms with Crippen molar-refractivity contribution in [3.05, 3.63) is 77.1 Å². The summed E-state index contributed by atoms with van der Waals surface area (Å²) in [6, 6.07) is 16.1. The van der Waals surface area contributed by atoms with Gasteiger partial charge in [0.25, 0.3) is 0 Å². The molecule has 1 aromatic heterocycles. The Balaban J connectivity index is 1.30. The van der Waals surface area contributed by atoms with Crippen LogP contribution in [0.4, 0.5) is 17.3 Å². The van der Waals surface area contributed by atoms with Crippen molar-refractivity contribution in [2.75, 3.05) is 31.5 Å². The molecule has 5 rings (SSSR count). The molecule has 1 aliphatic heterocycles. The van der Waals surface area contributed by atoms with Crippen molar-refractivity contribution in [1.82, 2.24) is 24.8 Å². The zero-order chi connectivity index (χ0) is 26.7. The average molecular weight is 528 g/mol. The molecule has 10 heteroatoms. The van der Waals surface area contributed by atoms with Crippen molar-refractivity contribution >= 4 is 38.4 Å². The number of hydrogen-bond donors (Lipinski definition) is 2. The first-order chi connectivity index (χ1) is 18.3. The number of aryl methyl sites for hydroxylation is 2. The van der Waals surface area contributed by atoms with Gasteiger partial charge in [-0.1, -0.05) is 12.1 Å². The van der Waals surface area contributed by atoms with Crippen LogP contribution in [-0.4, -0.2) is 54.7 Å². The summed E-state index contributed by atoms with van der Waals surface area (Å²) in [5.41, 5.74) is 6.55. The quantitative estimate of drug-likeness (QED) is 0.312. The first-order valence-corrected chi connectivity index (χ1v) is 14.0. The molecule has 4 aromatic rings. The zero-order valence-electron chi connectivity index (χ0n) is 21.4. The van der Waals surface area contributed by atoms with E-state index >= 15 is 0 Å². The van der Waals surface area contributed by atoms with Crippen molar-refractivity contribution in [2.45, 2.75) is 31.6 Å². The summed E-state index contributed by atoms with van der Waals surface area (Å²) in [5, 5.41) is 11.7. The van der Waals surface area contributed by atoms with Gasteiger partial charge in [-0.15, -0.1) is 10.2 Å². The van der Waals surface area contributed by atoms with Gasteiger partial charge >= 0.3 is 0 Å².